The number of benzene rings is 3. The topological polar surface area (TPSA) is 126 Å². The molecule has 1 aliphatic rings. The Labute approximate surface area is 283 Å². The summed E-state index contributed by atoms with van der Waals surface area (Å²) in [6.45, 7) is 8.57. The molecule has 256 valence electrons. The highest BCUT2D eigenvalue weighted by atomic mass is 16.5. The maximum absolute atomic E-state index is 13.8. The Kier molecular flexibility index (Phi) is 13.0. The Morgan fingerprint density at radius 1 is 0.875 bits per heavy atom. The molecular formula is C38H48N4O6. The Hall–Kier alpha value is -4.86. The third-order valence-electron chi connectivity index (χ3n) is 8.18. The second-order valence-electron chi connectivity index (χ2n) is 13.0. The maximum atomic E-state index is 13.8. The van der Waals surface area contributed by atoms with E-state index in [-0.39, 0.29) is 55.5 Å². The molecule has 0 aliphatic carbocycles. The average Bonchev–Trinajstić information content (AvgIpc) is 3.07. The molecule has 10 nitrogen and oxygen atoms in total. The maximum Gasteiger partial charge on any atom is 0.255 e. The van der Waals surface area contributed by atoms with E-state index in [0.717, 1.165) is 11.1 Å². The number of hydrogen-bond acceptors (Lipinski definition) is 6. The van der Waals surface area contributed by atoms with Gasteiger partial charge >= 0.3 is 0 Å². The van der Waals surface area contributed by atoms with Crippen LogP contribution in [-0.2, 0) is 14.4 Å². The number of hydrogen-bond donors (Lipinski definition) is 3. The van der Waals surface area contributed by atoms with Crippen LogP contribution in [0.3, 0.4) is 0 Å². The van der Waals surface area contributed by atoms with Gasteiger partial charge in [-0.25, -0.2) is 0 Å². The second kappa shape index (κ2) is 17.3. The third-order valence-corrected chi connectivity index (χ3v) is 8.18. The molecule has 3 N–H and O–H groups in total. The van der Waals surface area contributed by atoms with Crippen molar-refractivity contribution in [2.24, 2.45) is 11.8 Å². The molecule has 0 bridgehead atoms. The lowest BCUT2D eigenvalue weighted by atomic mass is 9.99. The van der Waals surface area contributed by atoms with Crippen LogP contribution in [0.4, 0.5) is 0 Å². The highest BCUT2D eigenvalue weighted by molar-refractivity contribution is 6.01. The van der Waals surface area contributed by atoms with Gasteiger partial charge in [-0.05, 0) is 60.1 Å². The smallest absolute Gasteiger partial charge is 0.255 e. The second-order valence-corrected chi connectivity index (χ2v) is 13.0. The molecule has 48 heavy (non-hydrogen) atoms. The summed E-state index contributed by atoms with van der Waals surface area (Å²) in [7, 11) is 1.72. The van der Waals surface area contributed by atoms with Crippen LogP contribution in [0.15, 0.2) is 78.9 Å². The fraction of sp³-hybridized carbons (Fsp3) is 0.421. The van der Waals surface area contributed by atoms with Crippen LogP contribution in [0.1, 0.15) is 57.3 Å². The minimum absolute atomic E-state index is 0.117. The van der Waals surface area contributed by atoms with E-state index in [4.69, 9.17) is 9.47 Å². The first-order valence-electron chi connectivity index (χ1n) is 16.7. The molecular weight excluding hydrogens is 608 g/mol. The van der Waals surface area contributed by atoms with Crippen molar-refractivity contribution in [1.29, 1.82) is 0 Å². The van der Waals surface area contributed by atoms with Gasteiger partial charge in [-0.1, -0.05) is 82.3 Å². The number of rotatable bonds is 10. The number of nitrogens with zero attached hydrogens (tertiary/aromatic N) is 1. The SMILES string of the molecule is CC(C)C[C@@H]1COc2ccccc2C(=O)N[C@H](C(=O)NCCOc2ccc(-c3ccccc3)cc2)CC(=O)N[C@@H](CC(C)C)C(=O)N1C. The molecule has 3 atom stereocenters. The van der Waals surface area contributed by atoms with Gasteiger partial charge in [-0.15, -0.1) is 0 Å². The summed E-state index contributed by atoms with van der Waals surface area (Å²) >= 11 is 0. The average molecular weight is 657 g/mol. The first-order valence-corrected chi connectivity index (χ1v) is 16.7. The van der Waals surface area contributed by atoms with Gasteiger partial charge in [-0.2, -0.15) is 0 Å². The number of amides is 4. The van der Waals surface area contributed by atoms with E-state index in [0.29, 0.717) is 24.3 Å². The van der Waals surface area contributed by atoms with Gasteiger partial charge in [0.15, 0.2) is 0 Å². The molecule has 0 fully saturated rings. The molecule has 4 rings (SSSR count). The molecule has 0 radical (unpaired) electrons. The zero-order valence-corrected chi connectivity index (χ0v) is 28.5. The Balaban J connectivity index is 1.48. The summed E-state index contributed by atoms with van der Waals surface area (Å²) in [5, 5.41) is 8.36. The largest absolute Gasteiger partial charge is 0.492 e. The highest BCUT2D eigenvalue weighted by Crippen LogP contribution is 2.23. The number of carbonyl (C=O) groups is 4. The van der Waals surface area contributed by atoms with E-state index in [9.17, 15) is 19.2 Å². The zero-order valence-electron chi connectivity index (χ0n) is 28.5. The summed E-state index contributed by atoms with van der Waals surface area (Å²) in [5.74, 6) is -0.471. The summed E-state index contributed by atoms with van der Waals surface area (Å²) in [6.07, 6.45) is 0.729. The molecule has 3 aromatic carbocycles. The summed E-state index contributed by atoms with van der Waals surface area (Å²) in [6, 6.07) is 22.1. The van der Waals surface area contributed by atoms with Crippen molar-refractivity contribution in [3.8, 4) is 22.6 Å². The first-order chi connectivity index (χ1) is 23.0. The van der Waals surface area contributed by atoms with Crippen LogP contribution < -0.4 is 25.4 Å². The van der Waals surface area contributed by atoms with Gasteiger partial charge in [0.05, 0.1) is 24.6 Å². The van der Waals surface area contributed by atoms with Crippen molar-refractivity contribution >= 4 is 23.6 Å². The van der Waals surface area contributed by atoms with Crippen molar-refractivity contribution in [2.45, 2.75) is 65.1 Å². The van der Waals surface area contributed by atoms with Crippen molar-refractivity contribution in [3.05, 3.63) is 84.4 Å². The Morgan fingerprint density at radius 3 is 2.21 bits per heavy atom. The van der Waals surface area contributed by atoms with Gasteiger partial charge < -0.3 is 30.3 Å². The van der Waals surface area contributed by atoms with Gasteiger partial charge in [0.2, 0.25) is 17.7 Å². The van der Waals surface area contributed by atoms with Crippen LogP contribution in [0.5, 0.6) is 11.5 Å². The van der Waals surface area contributed by atoms with Crippen molar-refractivity contribution < 1.29 is 28.7 Å². The van der Waals surface area contributed by atoms with E-state index in [2.05, 4.69) is 29.8 Å². The lowest BCUT2D eigenvalue weighted by Gasteiger charge is -2.33. The van der Waals surface area contributed by atoms with Crippen LogP contribution in [0.25, 0.3) is 11.1 Å². The molecule has 0 unspecified atom stereocenters. The van der Waals surface area contributed by atoms with Crippen LogP contribution >= 0.6 is 0 Å². The van der Waals surface area contributed by atoms with Crippen molar-refractivity contribution in [2.75, 3.05) is 26.8 Å². The predicted molar refractivity (Wildman–Crippen MR) is 186 cm³/mol. The molecule has 0 spiro atoms. The lowest BCUT2D eigenvalue weighted by molar-refractivity contribution is -0.138. The fourth-order valence-corrected chi connectivity index (χ4v) is 5.69. The van der Waals surface area contributed by atoms with E-state index >= 15 is 0 Å². The van der Waals surface area contributed by atoms with Crippen molar-refractivity contribution in [3.63, 3.8) is 0 Å². The van der Waals surface area contributed by atoms with Crippen LogP contribution in [0, 0.1) is 11.8 Å². The molecule has 0 saturated heterocycles. The van der Waals surface area contributed by atoms with Crippen LogP contribution in [0.2, 0.25) is 0 Å². The minimum Gasteiger partial charge on any atom is -0.492 e. The molecule has 1 heterocycles. The number of nitrogens with one attached hydrogen (secondary N) is 3. The molecule has 4 amide bonds. The number of carbonyl (C=O) groups excluding carboxylic acids is 4. The van der Waals surface area contributed by atoms with Crippen molar-refractivity contribution in [1.82, 2.24) is 20.9 Å². The third kappa shape index (κ3) is 10.3. The molecule has 3 aromatic rings. The van der Waals surface area contributed by atoms with Gasteiger partial charge in [0.1, 0.15) is 36.8 Å². The van der Waals surface area contributed by atoms with Gasteiger partial charge in [0, 0.05) is 7.05 Å². The summed E-state index contributed by atoms with van der Waals surface area (Å²) < 4.78 is 12.0. The van der Waals surface area contributed by atoms with E-state index in [1.165, 1.54) is 0 Å². The van der Waals surface area contributed by atoms with E-state index in [1.807, 2.05) is 68.4 Å². The monoisotopic (exact) mass is 656 g/mol. The van der Waals surface area contributed by atoms with Gasteiger partial charge in [0.25, 0.3) is 5.91 Å². The quantitative estimate of drug-likeness (QED) is 0.269. The van der Waals surface area contributed by atoms with E-state index in [1.54, 1.807) is 36.2 Å². The lowest BCUT2D eigenvalue weighted by Crippen LogP contribution is -2.55. The minimum atomic E-state index is -1.21. The fourth-order valence-electron chi connectivity index (χ4n) is 5.69. The highest BCUT2D eigenvalue weighted by Gasteiger charge is 2.33. The van der Waals surface area contributed by atoms with E-state index < -0.39 is 29.8 Å². The Morgan fingerprint density at radius 2 is 1.52 bits per heavy atom. The molecule has 0 saturated carbocycles. The standard InChI is InChI=1S/C38H48N4O6/c1-25(2)21-29-24-48-34-14-10-9-13-31(34)36(44)41-32(23-35(43)40-33(22-26(3)4)38(46)42(29)5)37(45)39-19-20-47-30-17-15-28(16-18-30)27-11-7-6-8-12-27/h6-18,25-26,29,32-33H,19-24H2,1-5H3,(H,39,45)(H,40,43)(H,41,44)/t29-,32+,33+/m1/s1. The normalized spacial score (nSPS) is 19.1. The summed E-state index contributed by atoms with van der Waals surface area (Å²) in [4.78, 5) is 55.8. The molecule has 1 aliphatic heterocycles. The molecule has 0 aromatic heterocycles. The zero-order chi connectivity index (χ0) is 34.6. The number of fused-ring (bicyclic) bond motifs is 1. The van der Waals surface area contributed by atoms with Gasteiger partial charge in [-0.3, -0.25) is 19.2 Å². The number of likely N-dealkylation sites (N-methyl/N-ethyl adjacent to an activating group) is 1. The van der Waals surface area contributed by atoms with Crippen LogP contribution in [-0.4, -0.2) is 73.5 Å². The number of ether oxygens (including phenoxy) is 2. The predicted octanol–water partition coefficient (Wildman–Crippen LogP) is 4.83. The summed E-state index contributed by atoms with van der Waals surface area (Å²) in [5.41, 5.74) is 2.39. The molecule has 10 heteroatoms. The Bertz CT molecular complexity index is 1530. The first kappa shape index (κ1) is 36.0. The number of para-hydroxylation sites is 1.